The molecular formula is C22H33N3O3. The van der Waals surface area contributed by atoms with Crippen molar-refractivity contribution in [1.29, 1.82) is 0 Å². The molecule has 2 aliphatic rings. The van der Waals surface area contributed by atoms with E-state index in [0.717, 1.165) is 50.2 Å². The van der Waals surface area contributed by atoms with Gasteiger partial charge in [0, 0.05) is 44.8 Å². The molecule has 0 unspecified atom stereocenters. The summed E-state index contributed by atoms with van der Waals surface area (Å²) in [5.41, 5.74) is 1.15. The number of methoxy groups -OCH3 is 1. The van der Waals surface area contributed by atoms with Gasteiger partial charge in [-0.3, -0.25) is 9.59 Å². The number of hydrogen-bond donors (Lipinski definition) is 0. The lowest BCUT2D eigenvalue weighted by Gasteiger charge is -2.38. The van der Waals surface area contributed by atoms with E-state index in [0.29, 0.717) is 13.1 Å². The van der Waals surface area contributed by atoms with Gasteiger partial charge in [0.2, 0.25) is 11.8 Å². The number of anilines is 1. The van der Waals surface area contributed by atoms with Crippen molar-refractivity contribution in [3.8, 4) is 5.75 Å². The fourth-order valence-electron chi connectivity index (χ4n) is 4.32. The molecule has 0 aromatic heterocycles. The summed E-state index contributed by atoms with van der Waals surface area (Å²) in [4.78, 5) is 31.1. The Hall–Kier alpha value is -2.24. The highest BCUT2D eigenvalue weighted by atomic mass is 16.5. The van der Waals surface area contributed by atoms with Gasteiger partial charge in [0.25, 0.3) is 0 Å². The molecule has 1 saturated heterocycles. The van der Waals surface area contributed by atoms with E-state index in [1.165, 1.54) is 12.8 Å². The molecule has 154 valence electrons. The first-order valence-corrected chi connectivity index (χ1v) is 10.5. The maximum atomic E-state index is 12.9. The highest BCUT2D eigenvalue weighted by Gasteiger charge is 2.28. The summed E-state index contributed by atoms with van der Waals surface area (Å²) >= 11 is 0. The SMILES string of the molecule is COc1ccc(N2CCN(C(=O)CN(C(C)=O)C3CCCCCC3)CC2)cc1. The topological polar surface area (TPSA) is 53.1 Å². The molecule has 1 aromatic rings. The van der Waals surface area contributed by atoms with E-state index >= 15 is 0 Å². The third kappa shape index (κ3) is 5.18. The first-order valence-electron chi connectivity index (χ1n) is 10.5. The van der Waals surface area contributed by atoms with Gasteiger partial charge < -0.3 is 19.4 Å². The van der Waals surface area contributed by atoms with Gasteiger partial charge in [-0.25, -0.2) is 0 Å². The molecule has 2 fully saturated rings. The molecule has 0 N–H and O–H groups in total. The lowest BCUT2D eigenvalue weighted by Crippen LogP contribution is -2.53. The molecule has 28 heavy (non-hydrogen) atoms. The number of benzene rings is 1. The predicted molar refractivity (Wildman–Crippen MR) is 111 cm³/mol. The maximum Gasteiger partial charge on any atom is 0.242 e. The quantitative estimate of drug-likeness (QED) is 0.729. The van der Waals surface area contributed by atoms with E-state index in [9.17, 15) is 9.59 Å². The van der Waals surface area contributed by atoms with Gasteiger partial charge in [0.15, 0.2) is 0 Å². The third-order valence-corrected chi connectivity index (χ3v) is 6.05. The molecule has 1 aliphatic heterocycles. The summed E-state index contributed by atoms with van der Waals surface area (Å²) < 4.78 is 5.22. The lowest BCUT2D eigenvalue weighted by molar-refractivity contribution is -0.141. The number of carbonyl (C=O) groups excluding carboxylic acids is 2. The second kappa shape index (κ2) is 9.80. The maximum absolute atomic E-state index is 12.9. The van der Waals surface area contributed by atoms with E-state index in [2.05, 4.69) is 17.0 Å². The van der Waals surface area contributed by atoms with E-state index in [-0.39, 0.29) is 24.4 Å². The lowest BCUT2D eigenvalue weighted by atomic mass is 10.1. The van der Waals surface area contributed by atoms with E-state index in [1.54, 1.807) is 14.0 Å². The summed E-state index contributed by atoms with van der Waals surface area (Å²) in [6.07, 6.45) is 6.84. The van der Waals surface area contributed by atoms with Gasteiger partial charge >= 0.3 is 0 Å². The highest BCUT2D eigenvalue weighted by Crippen LogP contribution is 2.23. The summed E-state index contributed by atoms with van der Waals surface area (Å²) in [7, 11) is 1.67. The molecule has 1 heterocycles. The number of rotatable bonds is 5. The second-order valence-corrected chi connectivity index (χ2v) is 7.86. The number of ether oxygens (including phenoxy) is 1. The Kier molecular flexibility index (Phi) is 7.18. The molecule has 0 spiro atoms. The molecule has 6 heteroatoms. The zero-order chi connectivity index (χ0) is 19.9. The second-order valence-electron chi connectivity index (χ2n) is 7.86. The minimum absolute atomic E-state index is 0.0251. The van der Waals surface area contributed by atoms with Gasteiger partial charge in [-0.1, -0.05) is 25.7 Å². The van der Waals surface area contributed by atoms with Crippen LogP contribution in [-0.4, -0.2) is 67.5 Å². The smallest absolute Gasteiger partial charge is 0.242 e. The van der Waals surface area contributed by atoms with Crippen molar-refractivity contribution in [2.45, 2.75) is 51.5 Å². The van der Waals surface area contributed by atoms with Gasteiger partial charge in [-0.15, -0.1) is 0 Å². The third-order valence-electron chi connectivity index (χ3n) is 6.05. The molecule has 1 aliphatic carbocycles. The average Bonchev–Trinajstić information content (AvgIpc) is 3.01. The number of piperazine rings is 1. The number of amides is 2. The zero-order valence-corrected chi connectivity index (χ0v) is 17.2. The van der Waals surface area contributed by atoms with E-state index < -0.39 is 0 Å². The standard InChI is InChI=1S/C22H33N3O3/c1-18(26)25(20-7-5-3-4-6-8-20)17-22(27)24-15-13-23(14-16-24)19-9-11-21(28-2)12-10-19/h9-12,20H,3-8,13-17H2,1-2H3. The Morgan fingerprint density at radius 3 is 2.14 bits per heavy atom. The van der Waals surface area contributed by atoms with Crippen molar-refractivity contribution in [1.82, 2.24) is 9.80 Å². The minimum Gasteiger partial charge on any atom is -0.497 e. The predicted octanol–water partition coefficient (Wildman–Crippen LogP) is 2.92. The zero-order valence-electron chi connectivity index (χ0n) is 17.2. The van der Waals surface area contributed by atoms with Crippen molar-refractivity contribution < 1.29 is 14.3 Å². The number of hydrogen-bond acceptors (Lipinski definition) is 4. The molecule has 1 saturated carbocycles. The molecule has 3 rings (SSSR count). The van der Waals surface area contributed by atoms with Crippen molar-refractivity contribution in [2.75, 3.05) is 44.7 Å². The molecule has 1 aromatic carbocycles. The Bertz CT molecular complexity index is 645. The van der Waals surface area contributed by atoms with Crippen molar-refractivity contribution in [3.05, 3.63) is 24.3 Å². The largest absolute Gasteiger partial charge is 0.497 e. The van der Waals surface area contributed by atoms with E-state index in [4.69, 9.17) is 4.74 Å². The Labute approximate surface area is 168 Å². The molecule has 0 radical (unpaired) electrons. The van der Waals surface area contributed by atoms with Crippen LogP contribution in [0.15, 0.2) is 24.3 Å². The number of nitrogens with zero attached hydrogens (tertiary/aromatic N) is 3. The molecule has 0 atom stereocenters. The van der Waals surface area contributed by atoms with Crippen LogP contribution in [0.1, 0.15) is 45.4 Å². The fraction of sp³-hybridized carbons (Fsp3) is 0.636. The molecule has 2 amide bonds. The van der Waals surface area contributed by atoms with Crippen LogP contribution < -0.4 is 9.64 Å². The summed E-state index contributed by atoms with van der Waals surface area (Å²) in [6.45, 7) is 4.83. The van der Waals surface area contributed by atoms with Crippen LogP contribution in [0.4, 0.5) is 5.69 Å². The Morgan fingerprint density at radius 1 is 1.00 bits per heavy atom. The summed E-state index contributed by atoms with van der Waals surface area (Å²) in [5, 5.41) is 0. The fourth-order valence-corrected chi connectivity index (χ4v) is 4.32. The van der Waals surface area contributed by atoms with Crippen molar-refractivity contribution >= 4 is 17.5 Å². The monoisotopic (exact) mass is 387 g/mol. The van der Waals surface area contributed by atoms with Gasteiger partial charge in [0.05, 0.1) is 13.7 Å². The highest BCUT2D eigenvalue weighted by molar-refractivity contribution is 5.84. The normalized spacial score (nSPS) is 18.5. The first kappa shape index (κ1) is 20.5. The van der Waals surface area contributed by atoms with Crippen LogP contribution in [0.3, 0.4) is 0 Å². The van der Waals surface area contributed by atoms with E-state index in [1.807, 2.05) is 21.9 Å². The number of carbonyl (C=O) groups is 2. The van der Waals surface area contributed by atoms with Crippen LogP contribution in [0.25, 0.3) is 0 Å². The van der Waals surface area contributed by atoms with Crippen LogP contribution in [0.2, 0.25) is 0 Å². The molecule has 6 nitrogen and oxygen atoms in total. The average molecular weight is 388 g/mol. The van der Waals surface area contributed by atoms with Crippen LogP contribution >= 0.6 is 0 Å². The van der Waals surface area contributed by atoms with Crippen LogP contribution in [0.5, 0.6) is 5.75 Å². The minimum atomic E-state index is 0.0251. The van der Waals surface area contributed by atoms with Gasteiger partial charge in [-0.2, -0.15) is 0 Å². The first-order chi connectivity index (χ1) is 13.6. The van der Waals surface area contributed by atoms with Crippen LogP contribution in [-0.2, 0) is 9.59 Å². The Morgan fingerprint density at radius 2 is 1.61 bits per heavy atom. The summed E-state index contributed by atoms with van der Waals surface area (Å²) in [5.74, 6) is 0.950. The Balaban J connectivity index is 1.53. The van der Waals surface area contributed by atoms with Gasteiger partial charge in [0.1, 0.15) is 5.75 Å². The van der Waals surface area contributed by atoms with Gasteiger partial charge in [-0.05, 0) is 37.1 Å². The van der Waals surface area contributed by atoms with Crippen molar-refractivity contribution in [2.24, 2.45) is 0 Å². The van der Waals surface area contributed by atoms with Crippen LogP contribution in [0, 0.1) is 0 Å². The molecule has 0 bridgehead atoms. The van der Waals surface area contributed by atoms with Crippen molar-refractivity contribution in [3.63, 3.8) is 0 Å². The molecular weight excluding hydrogens is 354 g/mol. The summed E-state index contributed by atoms with van der Waals surface area (Å²) in [6, 6.07) is 8.26.